The zero-order valence-electron chi connectivity index (χ0n) is 11.1. The lowest BCUT2D eigenvalue weighted by atomic mass is 9.92. The van der Waals surface area contributed by atoms with Crippen molar-refractivity contribution < 1.29 is 13.2 Å². The number of halogens is 3. The number of alkyl halides is 3. The maximum Gasteiger partial charge on any atom is 0.389 e. The van der Waals surface area contributed by atoms with Gasteiger partial charge in [0.25, 0.3) is 0 Å². The van der Waals surface area contributed by atoms with E-state index in [0.717, 1.165) is 19.4 Å². The van der Waals surface area contributed by atoms with Crippen molar-refractivity contribution in [3.05, 3.63) is 0 Å². The average molecular weight is 283 g/mol. The van der Waals surface area contributed by atoms with Gasteiger partial charge in [0, 0.05) is 12.5 Å². The highest BCUT2D eigenvalue weighted by Gasteiger charge is 2.29. The quantitative estimate of drug-likeness (QED) is 0.750. The summed E-state index contributed by atoms with van der Waals surface area (Å²) >= 11 is 1.96. The summed E-state index contributed by atoms with van der Waals surface area (Å²) in [6.07, 6.45) is -0.223. The van der Waals surface area contributed by atoms with Gasteiger partial charge in [-0.05, 0) is 56.1 Å². The predicted octanol–water partition coefficient (Wildman–Crippen LogP) is 4.23. The number of nitrogens with one attached hydrogen (secondary N) is 1. The van der Waals surface area contributed by atoms with Crippen molar-refractivity contribution >= 4 is 11.8 Å². The number of rotatable bonds is 7. The summed E-state index contributed by atoms with van der Waals surface area (Å²) in [6.45, 7) is 2.87. The molecule has 1 N–H and O–H groups in total. The second-order valence-corrected chi connectivity index (χ2v) is 6.32. The molecular weight excluding hydrogens is 259 g/mol. The van der Waals surface area contributed by atoms with E-state index in [4.69, 9.17) is 0 Å². The standard InChI is InChI=1S/C13H24F3NS/c1-2-7-17-12(3-6-13(14,15)16)10-11-4-8-18-9-5-11/h11-12,17H,2-10H2,1H3. The molecule has 0 saturated carbocycles. The average Bonchev–Trinajstić information content (AvgIpc) is 2.33. The van der Waals surface area contributed by atoms with Crippen LogP contribution in [0.3, 0.4) is 0 Å². The molecule has 0 aromatic rings. The summed E-state index contributed by atoms with van der Waals surface area (Å²) in [7, 11) is 0. The van der Waals surface area contributed by atoms with Gasteiger partial charge in [0.15, 0.2) is 0 Å². The van der Waals surface area contributed by atoms with Crippen LogP contribution < -0.4 is 5.32 Å². The van der Waals surface area contributed by atoms with Crippen molar-refractivity contribution in [1.29, 1.82) is 0 Å². The van der Waals surface area contributed by atoms with Crippen molar-refractivity contribution in [2.75, 3.05) is 18.1 Å². The Kier molecular flexibility index (Phi) is 7.46. The van der Waals surface area contributed by atoms with E-state index in [1.54, 1.807) is 0 Å². The van der Waals surface area contributed by atoms with Gasteiger partial charge in [-0.1, -0.05) is 6.92 Å². The monoisotopic (exact) mass is 283 g/mol. The Hall–Kier alpha value is 0.100. The minimum Gasteiger partial charge on any atom is -0.314 e. The topological polar surface area (TPSA) is 12.0 Å². The van der Waals surface area contributed by atoms with Crippen molar-refractivity contribution in [2.24, 2.45) is 5.92 Å². The maximum absolute atomic E-state index is 12.3. The highest BCUT2D eigenvalue weighted by molar-refractivity contribution is 7.99. The lowest BCUT2D eigenvalue weighted by molar-refractivity contribution is -0.136. The van der Waals surface area contributed by atoms with Gasteiger partial charge in [-0.3, -0.25) is 0 Å². The molecule has 0 radical (unpaired) electrons. The minimum absolute atomic E-state index is 0.0414. The molecule has 1 saturated heterocycles. The second kappa shape index (κ2) is 8.31. The van der Waals surface area contributed by atoms with Crippen LogP contribution in [0.1, 0.15) is 45.4 Å². The Labute approximate surface area is 112 Å². The molecule has 1 nitrogen and oxygen atoms in total. The number of hydrogen-bond donors (Lipinski definition) is 1. The molecule has 1 fully saturated rings. The van der Waals surface area contributed by atoms with Gasteiger partial charge in [-0.15, -0.1) is 0 Å². The molecule has 0 bridgehead atoms. The molecule has 5 heteroatoms. The lowest BCUT2D eigenvalue weighted by Gasteiger charge is -2.27. The van der Waals surface area contributed by atoms with Crippen molar-refractivity contribution in [3.63, 3.8) is 0 Å². The van der Waals surface area contributed by atoms with Crippen LogP contribution in [-0.2, 0) is 0 Å². The highest BCUT2D eigenvalue weighted by Crippen LogP contribution is 2.29. The molecule has 0 aromatic carbocycles. The maximum atomic E-state index is 12.3. The molecule has 1 atom stereocenters. The van der Waals surface area contributed by atoms with E-state index in [-0.39, 0.29) is 12.5 Å². The van der Waals surface area contributed by atoms with Crippen LogP contribution in [0, 0.1) is 5.92 Å². The molecule has 1 aliphatic heterocycles. The van der Waals surface area contributed by atoms with E-state index >= 15 is 0 Å². The first-order chi connectivity index (χ1) is 8.51. The fourth-order valence-corrected chi connectivity index (χ4v) is 3.58. The summed E-state index contributed by atoms with van der Waals surface area (Å²) in [6, 6.07) is 0.0414. The van der Waals surface area contributed by atoms with Gasteiger partial charge in [0.05, 0.1) is 0 Å². The highest BCUT2D eigenvalue weighted by atomic mass is 32.2. The van der Waals surface area contributed by atoms with E-state index in [1.165, 1.54) is 24.3 Å². The van der Waals surface area contributed by atoms with Crippen LogP contribution in [0.2, 0.25) is 0 Å². The third-order valence-corrected chi connectivity index (χ3v) is 4.47. The van der Waals surface area contributed by atoms with Gasteiger partial charge in [0.2, 0.25) is 0 Å². The van der Waals surface area contributed by atoms with Crippen LogP contribution in [0.15, 0.2) is 0 Å². The molecule has 1 unspecified atom stereocenters. The predicted molar refractivity (Wildman–Crippen MR) is 72.0 cm³/mol. The number of thioether (sulfide) groups is 1. The second-order valence-electron chi connectivity index (χ2n) is 5.10. The van der Waals surface area contributed by atoms with Gasteiger partial charge in [-0.25, -0.2) is 0 Å². The van der Waals surface area contributed by atoms with Gasteiger partial charge < -0.3 is 5.32 Å². The van der Waals surface area contributed by atoms with Crippen LogP contribution >= 0.6 is 11.8 Å². The first-order valence-corrected chi connectivity index (χ1v) is 8.04. The van der Waals surface area contributed by atoms with Crippen molar-refractivity contribution in [3.8, 4) is 0 Å². The molecule has 0 amide bonds. The SMILES string of the molecule is CCCNC(CCC(F)(F)F)CC1CCSCC1. The normalized spacial score (nSPS) is 20.0. The molecule has 108 valence electrons. The van der Waals surface area contributed by atoms with Crippen LogP contribution in [0.25, 0.3) is 0 Å². The van der Waals surface area contributed by atoms with Gasteiger partial charge in [0.1, 0.15) is 0 Å². The Morgan fingerprint density at radius 1 is 1.28 bits per heavy atom. The Morgan fingerprint density at radius 2 is 1.94 bits per heavy atom. The molecular formula is C13H24F3NS. The molecule has 0 aromatic heterocycles. The van der Waals surface area contributed by atoms with E-state index in [9.17, 15) is 13.2 Å². The zero-order valence-corrected chi connectivity index (χ0v) is 11.9. The fraction of sp³-hybridized carbons (Fsp3) is 1.00. The van der Waals surface area contributed by atoms with E-state index in [2.05, 4.69) is 5.32 Å². The minimum atomic E-state index is -4.02. The Bertz CT molecular complexity index is 215. The van der Waals surface area contributed by atoms with Crippen molar-refractivity contribution in [2.45, 2.75) is 57.7 Å². The van der Waals surface area contributed by atoms with Crippen molar-refractivity contribution in [1.82, 2.24) is 5.32 Å². The molecule has 1 heterocycles. The molecule has 0 spiro atoms. The summed E-state index contributed by atoms with van der Waals surface area (Å²) in [5.41, 5.74) is 0. The molecule has 18 heavy (non-hydrogen) atoms. The van der Waals surface area contributed by atoms with E-state index < -0.39 is 12.6 Å². The largest absolute Gasteiger partial charge is 0.389 e. The van der Waals surface area contributed by atoms with Gasteiger partial charge in [-0.2, -0.15) is 24.9 Å². The third-order valence-electron chi connectivity index (χ3n) is 3.42. The molecule has 1 rings (SSSR count). The van der Waals surface area contributed by atoms with Crippen LogP contribution in [0.5, 0.6) is 0 Å². The first-order valence-electron chi connectivity index (χ1n) is 6.89. The summed E-state index contributed by atoms with van der Waals surface area (Å²) in [4.78, 5) is 0. The van der Waals surface area contributed by atoms with Crippen LogP contribution in [-0.4, -0.2) is 30.3 Å². The van der Waals surface area contributed by atoms with E-state index in [1.807, 2.05) is 18.7 Å². The zero-order chi connectivity index (χ0) is 13.4. The Balaban J connectivity index is 2.33. The summed E-state index contributed by atoms with van der Waals surface area (Å²) in [5.74, 6) is 2.96. The number of hydrogen-bond acceptors (Lipinski definition) is 2. The Morgan fingerprint density at radius 3 is 2.50 bits per heavy atom. The summed E-state index contributed by atoms with van der Waals surface area (Å²) < 4.78 is 36.9. The third kappa shape index (κ3) is 7.52. The fourth-order valence-electron chi connectivity index (χ4n) is 2.37. The van der Waals surface area contributed by atoms with Crippen LogP contribution in [0.4, 0.5) is 13.2 Å². The van der Waals surface area contributed by atoms with Gasteiger partial charge >= 0.3 is 6.18 Å². The lowest BCUT2D eigenvalue weighted by Crippen LogP contribution is -2.33. The smallest absolute Gasteiger partial charge is 0.314 e. The van der Waals surface area contributed by atoms with E-state index in [0.29, 0.717) is 5.92 Å². The molecule has 1 aliphatic rings. The molecule has 0 aliphatic carbocycles. The first kappa shape index (κ1) is 16.2. The summed E-state index contributed by atoms with van der Waals surface area (Å²) in [5, 5.41) is 3.28.